The van der Waals surface area contributed by atoms with Crippen molar-refractivity contribution >= 4 is 37.9 Å². The first-order valence-electron chi connectivity index (χ1n) is 9.88. The van der Waals surface area contributed by atoms with Crippen LogP contribution in [0, 0.1) is 6.92 Å². The number of hydrogen-bond donors (Lipinski definition) is 4. The third-order valence-electron chi connectivity index (χ3n) is 5.82. The van der Waals surface area contributed by atoms with E-state index < -0.39 is 18.1 Å². The number of ether oxygens (including phenoxy) is 1. The third-order valence-corrected chi connectivity index (χ3v) is 6.39. The molecule has 1 fully saturated rings. The van der Waals surface area contributed by atoms with E-state index >= 15 is 0 Å². The average molecular weight is 458 g/mol. The highest BCUT2D eigenvalue weighted by molar-refractivity contribution is 7.09. The van der Waals surface area contributed by atoms with Crippen LogP contribution in [0.5, 0.6) is 0 Å². The summed E-state index contributed by atoms with van der Waals surface area (Å²) in [6.45, 7) is 4.60. The van der Waals surface area contributed by atoms with Gasteiger partial charge in [0.15, 0.2) is 0 Å². The lowest BCUT2D eigenvalue weighted by Gasteiger charge is -2.26. The molecular formula is C20H29ClN3O5P. The van der Waals surface area contributed by atoms with Gasteiger partial charge in [-0.15, -0.1) is 0 Å². The van der Waals surface area contributed by atoms with E-state index in [2.05, 4.69) is 20.3 Å². The van der Waals surface area contributed by atoms with Gasteiger partial charge >= 0.3 is 5.97 Å². The van der Waals surface area contributed by atoms with Crippen LogP contribution in [0.3, 0.4) is 0 Å². The van der Waals surface area contributed by atoms with E-state index in [-0.39, 0.29) is 18.6 Å². The van der Waals surface area contributed by atoms with Gasteiger partial charge in [-0.1, -0.05) is 11.6 Å². The molecule has 1 saturated heterocycles. The largest absolute Gasteiger partial charge is 0.464 e. The van der Waals surface area contributed by atoms with Gasteiger partial charge in [-0.3, -0.25) is 10.9 Å². The fourth-order valence-electron chi connectivity index (χ4n) is 4.46. The van der Waals surface area contributed by atoms with Crippen molar-refractivity contribution in [2.24, 2.45) is 0 Å². The fraction of sp³-hybridized carbons (Fsp3) is 0.550. The number of methoxy groups -OCH3 is 1. The molecule has 10 heteroatoms. The second-order valence-electron chi connectivity index (χ2n) is 7.58. The Morgan fingerprint density at radius 1 is 1.40 bits per heavy atom. The maximum Gasteiger partial charge on any atom is 0.354 e. The van der Waals surface area contributed by atoms with Crippen molar-refractivity contribution in [1.29, 1.82) is 0 Å². The maximum absolute atomic E-state index is 12.6. The molecule has 0 spiro atoms. The molecule has 0 amide bonds. The number of nitrogens with one attached hydrogen (secondary N) is 2. The van der Waals surface area contributed by atoms with Crippen LogP contribution in [0.25, 0.3) is 10.9 Å². The van der Waals surface area contributed by atoms with Crippen LogP contribution in [-0.4, -0.2) is 59.3 Å². The Labute approximate surface area is 183 Å². The molecule has 0 bridgehead atoms. The summed E-state index contributed by atoms with van der Waals surface area (Å²) in [4.78, 5) is 12.6. The maximum atomic E-state index is 12.6. The number of hydrazine groups is 1. The van der Waals surface area contributed by atoms with Gasteiger partial charge in [0, 0.05) is 43.9 Å². The number of carbonyl (C=O) groups excluding carboxylic acids is 1. The van der Waals surface area contributed by atoms with Crippen molar-refractivity contribution in [2.75, 3.05) is 20.3 Å². The molecule has 1 aromatic heterocycles. The second-order valence-corrected chi connectivity index (χ2v) is 8.32. The Morgan fingerprint density at radius 2 is 2.13 bits per heavy atom. The first-order chi connectivity index (χ1) is 14.4. The summed E-state index contributed by atoms with van der Waals surface area (Å²) in [5, 5.41) is 21.3. The zero-order valence-corrected chi connectivity index (χ0v) is 19.2. The van der Waals surface area contributed by atoms with Crippen LogP contribution < -0.4 is 10.9 Å². The van der Waals surface area contributed by atoms with Gasteiger partial charge in [-0.05, 0) is 43.5 Å². The molecule has 1 aromatic carbocycles. The van der Waals surface area contributed by atoms with E-state index in [9.17, 15) is 15.0 Å². The van der Waals surface area contributed by atoms with Crippen LogP contribution in [0.15, 0.2) is 12.1 Å². The van der Waals surface area contributed by atoms with Crippen LogP contribution in [0.1, 0.15) is 40.9 Å². The van der Waals surface area contributed by atoms with Crippen LogP contribution in [0.4, 0.5) is 0 Å². The normalized spacial score (nSPS) is 22.6. The molecule has 4 N–H and O–H groups in total. The topological polar surface area (TPSA) is 105 Å². The van der Waals surface area contributed by atoms with Gasteiger partial charge < -0.3 is 24.0 Å². The number of aryl methyl sites for hydroxylation is 2. The number of nitrogens with zero attached hydrogens (tertiary/aromatic N) is 1. The number of halogens is 1. The van der Waals surface area contributed by atoms with Crippen molar-refractivity contribution in [3.05, 3.63) is 34.0 Å². The van der Waals surface area contributed by atoms with E-state index in [0.29, 0.717) is 30.3 Å². The minimum atomic E-state index is -0.972. The molecule has 0 aliphatic carbocycles. The molecule has 1 aliphatic heterocycles. The summed E-state index contributed by atoms with van der Waals surface area (Å²) >= 11 is 6.69. The Hall–Kier alpha value is -1.25. The minimum Gasteiger partial charge on any atom is -0.464 e. The smallest absolute Gasteiger partial charge is 0.354 e. The number of aliphatic hydroxyl groups excluding tert-OH is 2. The number of esters is 1. The lowest BCUT2D eigenvalue weighted by molar-refractivity contribution is 0.0587. The quantitative estimate of drug-likeness (QED) is 0.272. The van der Waals surface area contributed by atoms with Gasteiger partial charge in [0.1, 0.15) is 5.69 Å². The summed E-state index contributed by atoms with van der Waals surface area (Å²) in [6, 6.07) is 3.22. The first-order valence-corrected chi connectivity index (χ1v) is 10.7. The van der Waals surface area contributed by atoms with Crippen LogP contribution >= 0.6 is 21.1 Å². The standard InChI is InChI=1S/C20H29ClN3O5P/c1-10-15-13(24(7-4-8-29-30)19(10)20(27)28-3)6-5-12(21)17(15)16-11(2)22-23-18(16)14(26)9-25/h5-6,11,14,16,18,22-23,25-26H,4,7-9,30H2,1-3H3. The molecule has 0 saturated carbocycles. The minimum absolute atomic E-state index is 0.0610. The van der Waals surface area contributed by atoms with Crippen molar-refractivity contribution < 1.29 is 24.3 Å². The molecule has 30 heavy (non-hydrogen) atoms. The van der Waals surface area contributed by atoms with Crippen molar-refractivity contribution in [3.8, 4) is 0 Å². The molecule has 0 radical (unpaired) electrons. The van der Waals surface area contributed by atoms with Gasteiger partial charge in [0.25, 0.3) is 0 Å². The average Bonchev–Trinajstić information content (AvgIpc) is 3.25. The van der Waals surface area contributed by atoms with E-state index in [1.807, 2.05) is 30.5 Å². The molecule has 2 aromatic rings. The van der Waals surface area contributed by atoms with Gasteiger partial charge in [-0.2, -0.15) is 0 Å². The van der Waals surface area contributed by atoms with E-state index in [1.165, 1.54) is 7.11 Å². The SMILES string of the molecule is COC(=O)c1c(C)c2c(C3C(C)NNC3C(O)CO)c(Cl)ccc2n1CCCOP. The van der Waals surface area contributed by atoms with Crippen molar-refractivity contribution in [2.45, 2.75) is 50.9 Å². The van der Waals surface area contributed by atoms with Crippen molar-refractivity contribution in [1.82, 2.24) is 15.4 Å². The lowest BCUT2D eigenvalue weighted by atomic mass is 9.83. The number of hydrogen-bond acceptors (Lipinski definition) is 7. The number of fused-ring (bicyclic) bond motifs is 1. The summed E-state index contributed by atoms with van der Waals surface area (Å²) in [6.07, 6.45) is -0.260. The second kappa shape index (κ2) is 9.92. The predicted octanol–water partition coefficient (Wildman–Crippen LogP) is 1.89. The Balaban J connectivity index is 2.25. The number of rotatable bonds is 8. The van der Waals surface area contributed by atoms with Crippen LogP contribution in [0.2, 0.25) is 5.02 Å². The summed E-state index contributed by atoms with van der Waals surface area (Å²) in [7, 11) is 3.60. The molecule has 5 unspecified atom stereocenters. The Kier molecular flexibility index (Phi) is 7.74. The molecule has 3 rings (SSSR count). The first kappa shape index (κ1) is 23.4. The highest BCUT2D eigenvalue weighted by Gasteiger charge is 2.41. The molecule has 8 nitrogen and oxygen atoms in total. The lowest BCUT2D eigenvalue weighted by Crippen LogP contribution is -2.43. The molecule has 5 atom stereocenters. The van der Waals surface area contributed by atoms with Crippen LogP contribution in [-0.2, 0) is 15.8 Å². The molecule has 166 valence electrons. The Bertz CT molecular complexity index is 922. The molecule has 1 aliphatic rings. The van der Waals surface area contributed by atoms with E-state index in [0.717, 1.165) is 22.0 Å². The number of carbonyl (C=O) groups is 1. The van der Waals surface area contributed by atoms with Crippen molar-refractivity contribution in [3.63, 3.8) is 0 Å². The summed E-state index contributed by atoms with van der Waals surface area (Å²) in [5.41, 5.74) is 9.18. The summed E-state index contributed by atoms with van der Waals surface area (Å²) < 4.78 is 12.1. The summed E-state index contributed by atoms with van der Waals surface area (Å²) in [5.74, 6) is -0.640. The monoisotopic (exact) mass is 457 g/mol. The van der Waals surface area contributed by atoms with Gasteiger partial charge in [0.2, 0.25) is 0 Å². The number of aliphatic hydroxyl groups is 2. The molecular weight excluding hydrogens is 429 g/mol. The Morgan fingerprint density at radius 3 is 2.77 bits per heavy atom. The third kappa shape index (κ3) is 4.10. The zero-order valence-electron chi connectivity index (χ0n) is 17.3. The number of aromatic nitrogens is 1. The van der Waals surface area contributed by atoms with Gasteiger partial charge in [0.05, 0.1) is 32.5 Å². The van der Waals surface area contributed by atoms with Gasteiger partial charge in [-0.25, -0.2) is 4.79 Å². The number of benzene rings is 1. The fourth-order valence-corrected chi connectivity index (χ4v) is 4.91. The van der Waals surface area contributed by atoms with E-state index in [4.69, 9.17) is 20.9 Å². The highest BCUT2D eigenvalue weighted by atomic mass is 35.5. The molecule has 2 heterocycles. The predicted molar refractivity (Wildman–Crippen MR) is 119 cm³/mol. The van der Waals surface area contributed by atoms with E-state index in [1.54, 1.807) is 0 Å². The highest BCUT2D eigenvalue weighted by Crippen LogP contribution is 2.41. The zero-order chi connectivity index (χ0) is 22.0.